The molecule has 0 aromatic heterocycles. The maximum atomic E-state index is 13.1. The molecule has 1 atom stereocenters. The number of rotatable bonds is 7. The van der Waals surface area contributed by atoms with Gasteiger partial charge in [0.25, 0.3) is 0 Å². The van der Waals surface area contributed by atoms with E-state index in [9.17, 15) is 18.0 Å². The van der Waals surface area contributed by atoms with Crippen molar-refractivity contribution in [1.29, 1.82) is 0 Å². The molecule has 2 amide bonds. The van der Waals surface area contributed by atoms with Gasteiger partial charge in [0.05, 0.1) is 32.8 Å². The Labute approximate surface area is 177 Å². The van der Waals surface area contributed by atoms with Crippen LogP contribution in [0.2, 0.25) is 0 Å². The number of piperazine rings is 1. The molecule has 10 nitrogen and oxygen atoms in total. The van der Waals surface area contributed by atoms with Crippen LogP contribution in [0.3, 0.4) is 0 Å². The van der Waals surface area contributed by atoms with Gasteiger partial charge in [-0.15, -0.1) is 0 Å². The third-order valence-electron chi connectivity index (χ3n) is 4.81. The minimum absolute atomic E-state index is 0.213. The number of sulfonamides is 1. The molecule has 1 aliphatic heterocycles. The van der Waals surface area contributed by atoms with E-state index in [2.05, 4.69) is 0 Å². The van der Waals surface area contributed by atoms with Crippen LogP contribution in [0.1, 0.15) is 13.8 Å². The Morgan fingerprint density at radius 1 is 1.10 bits per heavy atom. The number of carbonyl (C=O) groups excluding carboxylic acids is 2. The second-order valence-corrected chi connectivity index (χ2v) is 8.64. The predicted molar refractivity (Wildman–Crippen MR) is 112 cm³/mol. The van der Waals surface area contributed by atoms with Gasteiger partial charge < -0.3 is 24.0 Å². The largest absolute Gasteiger partial charge is 0.497 e. The summed E-state index contributed by atoms with van der Waals surface area (Å²) in [6.45, 7) is 4.74. The highest BCUT2D eigenvalue weighted by Crippen LogP contribution is 2.35. The van der Waals surface area contributed by atoms with Crippen molar-refractivity contribution >= 4 is 27.7 Å². The first-order valence-corrected chi connectivity index (χ1v) is 11.4. The molecule has 0 aliphatic carbocycles. The molecule has 1 saturated heterocycles. The van der Waals surface area contributed by atoms with E-state index in [1.54, 1.807) is 24.0 Å². The highest BCUT2D eigenvalue weighted by atomic mass is 32.2. The topological polar surface area (TPSA) is 106 Å². The van der Waals surface area contributed by atoms with Crippen molar-refractivity contribution in [3.8, 4) is 11.5 Å². The molecule has 1 fully saturated rings. The molecule has 0 bridgehead atoms. The van der Waals surface area contributed by atoms with Crippen LogP contribution in [0.15, 0.2) is 18.2 Å². The van der Waals surface area contributed by atoms with Crippen molar-refractivity contribution in [2.75, 3.05) is 57.6 Å². The predicted octanol–water partition coefficient (Wildman–Crippen LogP) is 1.16. The Bertz CT molecular complexity index is 867. The maximum Gasteiger partial charge on any atom is 0.409 e. The van der Waals surface area contributed by atoms with Gasteiger partial charge in [0.1, 0.15) is 17.5 Å². The van der Waals surface area contributed by atoms with Gasteiger partial charge in [0, 0.05) is 32.2 Å². The van der Waals surface area contributed by atoms with Crippen LogP contribution in [0, 0.1) is 0 Å². The third kappa shape index (κ3) is 5.26. The average molecular weight is 444 g/mol. The van der Waals surface area contributed by atoms with Crippen LogP contribution in [0.5, 0.6) is 11.5 Å². The van der Waals surface area contributed by atoms with E-state index < -0.39 is 22.2 Å². The molecule has 2 rings (SSSR count). The second kappa shape index (κ2) is 9.88. The lowest BCUT2D eigenvalue weighted by atomic mass is 10.2. The van der Waals surface area contributed by atoms with Gasteiger partial charge in [0.2, 0.25) is 15.9 Å². The van der Waals surface area contributed by atoms with Crippen molar-refractivity contribution < 1.29 is 32.2 Å². The number of amides is 2. The Morgan fingerprint density at radius 3 is 2.20 bits per heavy atom. The monoisotopic (exact) mass is 443 g/mol. The summed E-state index contributed by atoms with van der Waals surface area (Å²) in [5, 5.41) is 0. The van der Waals surface area contributed by atoms with E-state index in [0.717, 1.165) is 10.6 Å². The van der Waals surface area contributed by atoms with E-state index in [1.807, 2.05) is 0 Å². The van der Waals surface area contributed by atoms with Gasteiger partial charge in [-0.2, -0.15) is 0 Å². The molecule has 0 spiro atoms. The molecular weight excluding hydrogens is 414 g/mol. The molecule has 0 saturated carbocycles. The number of hydrogen-bond donors (Lipinski definition) is 0. The lowest BCUT2D eigenvalue weighted by Gasteiger charge is -2.37. The van der Waals surface area contributed by atoms with Crippen molar-refractivity contribution in [1.82, 2.24) is 9.80 Å². The normalized spacial score (nSPS) is 15.4. The van der Waals surface area contributed by atoms with Gasteiger partial charge in [0.15, 0.2) is 0 Å². The van der Waals surface area contributed by atoms with Gasteiger partial charge in [-0.3, -0.25) is 9.10 Å². The van der Waals surface area contributed by atoms with E-state index >= 15 is 0 Å². The molecule has 11 heteroatoms. The fourth-order valence-corrected chi connectivity index (χ4v) is 4.50. The molecule has 0 unspecified atom stereocenters. The standard InChI is InChI=1S/C19H29N3O7S/c1-6-29-19(24)21-11-9-20(10-12-21)18(23)14(2)22(30(5,25)26)16-13-15(27-3)7-8-17(16)28-4/h7-8,13-14H,6,9-12H2,1-5H3/t14-/m0/s1. The molecule has 30 heavy (non-hydrogen) atoms. The Balaban J connectivity index is 2.26. The van der Waals surface area contributed by atoms with Crippen LogP contribution < -0.4 is 13.8 Å². The average Bonchev–Trinajstić information content (AvgIpc) is 2.72. The molecule has 1 heterocycles. The summed E-state index contributed by atoms with van der Waals surface area (Å²) >= 11 is 0. The number of nitrogens with zero attached hydrogens (tertiary/aromatic N) is 3. The summed E-state index contributed by atoms with van der Waals surface area (Å²) in [4.78, 5) is 28.1. The first-order chi connectivity index (χ1) is 14.1. The number of anilines is 1. The smallest absolute Gasteiger partial charge is 0.409 e. The molecule has 0 N–H and O–H groups in total. The Hall–Kier alpha value is -2.69. The van der Waals surface area contributed by atoms with E-state index in [4.69, 9.17) is 14.2 Å². The SMILES string of the molecule is CCOC(=O)N1CCN(C(=O)[C@H](C)N(c2cc(OC)ccc2OC)S(C)(=O)=O)CC1. The van der Waals surface area contributed by atoms with Crippen LogP contribution >= 0.6 is 0 Å². The maximum absolute atomic E-state index is 13.1. The van der Waals surface area contributed by atoms with Crippen LogP contribution in [-0.2, 0) is 19.6 Å². The summed E-state index contributed by atoms with van der Waals surface area (Å²) < 4.78 is 41.8. The minimum atomic E-state index is -3.82. The highest BCUT2D eigenvalue weighted by Gasteiger charge is 2.35. The Morgan fingerprint density at radius 2 is 1.70 bits per heavy atom. The van der Waals surface area contributed by atoms with Gasteiger partial charge in [-0.25, -0.2) is 13.2 Å². The number of carbonyl (C=O) groups is 2. The lowest BCUT2D eigenvalue weighted by Crippen LogP contribution is -2.56. The summed E-state index contributed by atoms with van der Waals surface area (Å²) in [5.74, 6) is 0.365. The molecule has 0 radical (unpaired) electrons. The van der Waals surface area contributed by atoms with Gasteiger partial charge in [-0.1, -0.05) is 0 Å². The fraction of sp³-hybridized carbons (Fsp3) is 0.579. The summed E-state index contributed by atoms with van der Waals surface area (Å²) in [5.41, 5.74) is 0.213. The second-order valence-electron chi connectivity index (χ2n) is 6.78. The summed E-state index contributed by atoms with van der Waals surface area (Å²) in [6, 6.07) is 3.73. The quantitative estimate of drug-likeness (QED) is 0.623. The lowest BCUT2D eigenvalue weighted by molar-refractivity contribution is -0.133. The third-order valence-corrected chi connectivity index (χ3v) is 6.03. The molecule has 1 aromatic rings. The summed E-state index contributed by atoms with van der Waals surface area (Å²) in [6.07, 6.45) is 0.616. The van der Waals surface area contributed by atoms with E-state index in [-0.39, 0.29) is 31.3 Å². The number of hydrogen-bond acceptors (Lipinski definition) is 7. The van der Waals surface area contributed by atoms with Crippen LogP contribution in [0.25, 0.3) is 0 Å². The molecule has 1 aliphatic rings. The van der Waals surface area contributed by atoms with E-state index in [1.165, 1.54) is 32.1 Å². The fourth-order valence-electron chi connectivity index (χ4n) is 3.33. The molecule has 168 valence electrons. The first-order valence-electron chi connectivity index (χ1n) is 9.56. The van der Waals surface area contributed by atoms with E-state index in [0.29, 0.717) is 24.6 Å². The molecule has 1 aromatic carbocycles. The van der Waals surface area contributed by atoms with Crippen LogP contribution in [-0.4, -0.2) is 89.5 Å². The number of methoxy groups -OCH3 is 2. The molecular formula is C19H29N3O7S. The van der Waals surface area contributed by atoms with Crippen molar-refractivity contribution in [2.45, 2.75) is 19.9 Å². The van der Waals surface area contributed by atoms with Gasteiger partial charge >= 0.3 is 6.09 Å². The zero-order chi connectivity index (χ0) is 22.5. The van der Waals surface area contributed by atoms with Gasteiger partial charge in [-0.05, 0) is 26.0 Å². The number of benzene rings is 1. The van der Waals surface area contributed by atoms with Crippen LogP contribution in [0.4, 0.5) is 10.5 Å². The number of ether oxygens (including phenoxy) is 3. The highest BCUT2D eigenvalue weighted by molar-refractivity contribution is 7.92. The first kappa shape index (κ1) is 23.6. The zero-order valence-electron chi connectivity index (χ0n) is 18.0. The van der Waals surface area contributed by atoms with Crippen molar-refractivity contribution in [3.63, 3.8) is 0 Å². The van der Waals surface area contributed by atoms with Crippen molar-refractivity contribution in [2.24, 2.45) is 0 Å². The van der Waals surface area contributed by atoms with Crippen molar-refractivity contribution in [3.05, 3.63) is 18.2 Å². The Kier molecular flexibility index (Phi) is 7.77. The minimum Gasteiger partial charge on any atom is -0.497 e. The zero-order valence-corrected chi connectivity index (χ0v) is 18.8. The summed E-state index contributed by atoms with van der Waals surface area (Å²) in [7, 11) is -0.935.